The van der Waals surface area contributed by atoms with Gasteiger partial charge in [0.05, 0.1) is 5.75 Å². The minimum absolute atomic E-state index is 0. The van der Waals surface area contributed by atoms with E-state index in [0.29, 0.717) is 12.5 Å². The number of sulfonamides is 1. The maximum Gasteiger partial charge on any atom is 0.211 e. The first kappa shape index (κ1) is 17.2. The fourth-order valence-corrected chi connectivity index (χ4v) is 3.46. The van der Waals surface area contributed by atoms with Crippen LogP contribution in [0.5, 0.6) is 0 Å². The number of rotatable bonds is 8. The topological polar surface area (TPSA) is 72.2 Å². The molecular formula is C11H25ClN2O2S. The Balaban J connectivity index is 0.00000256. The lowest BCUT2D eigenvalue weighted by Crippen LogP contribution is -2.40. The van der Waals surface area contributed by atoms with Crippen LogP contribution < -0.4 is 10.5 Å². The van der Waals surface area contributed by atoms with Gasteiger partial charge in [0.2, 0.25) is 10.0 Å². The zero-order chi connectivity index (χ0) is 12.2. The maximum atomic E-state index is 11.7. The van der Waals surface area contributed by atoms with Crippen molar-refractivity contribution in [3.63, 3.8) is 0 Å². The van der Waals surface area contributed by atoms with Crippen molar-refractivity contribution in [3.05, 3.63) is 0 Å². The summed E-state index contributed by atoms with van der Waals surface area (Å²) in [5.74, 6) is 1.03. The van der Waals surface area contributed by atoms with Crippen LogP contribution in [0.4, 0.5) is 0 Å². The van der Waals surface area contributed by atoms with Gasteiger partial charge < -0.3 is 5.73 Å². The van der Waals surface area contributed by atoms with Crippen molar-refractivity contribution in [2.45, 2.75) is 45.6 Å². The molecule has 0 spiro atoms. The highest BCUT2D eigenvalue weighted by atomic mass is 35.5. The summed E-state index contributed by atoms with van der Waals surface area (Å²) in [6.45, 7) is 4.45. The number of halogens is 1. The Kier molecular flexibility index (Phi) is 7.63. The average molecular weight is 285 g/mol. The first-order chi connectivity index (χ1) is 7.48. The van der Waals surface area contributed by atoms with Crippen molar-refractivity contribution in [2.24, 2.45) is 17.6 Å². The maximum absolute atomic E-state index is 11.7. The van der Waals surface area contributed by atoms with E-state index in [9.17, 15) is 8.42 Å². The molecule has 4 nitrogen and oxygen atoms in total. The highest BCUT2D eigenvalue weighted by Gasteiger charge is 2.29. The van der Waals surface area contributed by atoms with E-state index >= 15 is 0 Å². The summed E-state index contributed by atoms with van der Waals surface area (Å²) < 4.78 is 26.1. The molecule has 1 aliphatic rings. The van der Waals surface area contributed by atoms with Crippen LogP contribution in [0.25, 0.3) is 0 Å². The Morgan fingerprint density at radius 3 is 2.24 bits per heavy atom. The fourth-order valence-electron chi connectivity index (χ4n) is 1.81. The predicted octanol–water partition coefficient (Wildman–Crippen LogP) is 1.50. The predicted molar refractivity (Wildman–Crippen MR) is 73.8 cm³/mol. The lowest BCUT2D eigenvalue weighted by atomic mass is 10.1. The molecule has 0 amide bonds. The van der Waals surface area contributed by atoms with Gasteiger partial charge >= 0.3 is 0 Å². The van der Waals surface area contributed by atoms with E-state index < -0.39 is 10.0 Å². The molecule has 0 bridgehead atoms. The second kappa shape index (κ2) is 7.56. The molecule has 0 saturated heterocycles. The number of hydrogen-bond donors (Lipinski definition) is 2. The first-order valence-corrected chi connectivity index (χ1v) is 7.86. The van der Waals surface area contributed by atoms with Crippen LogP contribution >= 0.6 is 12.4 Å². The molecule has 1 atom stereocenters. The molecule has 1 saturated carbocycles. The van der Waals surface area contributed by atoms with E-state index in [1.807, 2.05) is 13.8 Å². The van der Waals surface area contributed by atoms with E-state index in [4.69, 9.17) is 5.73 Å². The van der Waals surface area contributed by atoms with Gasteiger partial charge in [-0.1, -0.05) is 26.7 Å². The van der Waals surface area contributed by atoms with Crippen LogP contribution in [0, 0.1) is 11.8 Å². The summed E-state index contributed by atoms with van der Waals surface area (Å²) in [6, 6.07) is -0.00326. The van der Waals surface area contributed by atoms with Gasteiger partial charge in [-0.05, 0) is 24.7 Å². The minimum atomic E-state index is -3.14. The fraction of sp³-hybridized carbons (Fsp3) is 1.00. The summed E-state index contributed by atoms with van der Waals surface area (Å²) in [7, 11) is -3.14. The molecule has 0 radical (unpaired) electrons. The number of nitrogens with two attached hydrogens (primary N) is 1. The monoisotopic (exact) mass is 284 g/mol. The van der Waals surface area contributed by atoms with Gasteiger partial charge in [0, 0.05) is 12.6 Å². The molecule has 17 heavy (non-hydrogen) atoms. The molecule has 0 aromatic carbocycles. The molecule has 0 aromatic rings. The van der Waals surface area contributed by atoms with Gasteiger partial charge in [-0.3, -0.25) is 0 Å². The van der Waals surface area contributed by atoms with Crippen LogP contribution in [-0.4, -0.2) is 26.8 Å². The van der Waals surface area contributed by atoms with E-state index in [2.05, 4.69) is 4.72 Å². The molecule has 0 heterocycles. The second-order valence-electron chi connectivity index (χ2n) is 4.81. The minimum Gasteiger partial charge on any atom is -0.326 e. The Labute approximate surface area is 111 Å². The van der Waals surface area contributed by atoms with Crippen LogP contribution in [0.2, 0.25) is 0 Å². The summed E-state index contributed by atoms with van der Waals surface area (Å²) in [5.41, 5.74) is 5.86. The van der Waals surface area contributed by atoms with Crippen molar-refractivity contribution in [1.29, 1.82) is 0 Å². The van der Waals surface area contributed by atoms with Crippen LogP contribution in [0.15, 0.2) is 0 Å². The van der Waals surface area contributed by atoms with Crippen molar-refractivity contribution < 1.29 is 8.42 Å². The molecule has 0 aromatic heterocycles. The van der Waals surface area contributed by atoms with Gasteiger partial charge in [0.15, 0.2) is 0 Å². The van der Waals surface area contributed by atoms with Gasteiger partial charge in [-0.2, -0.15) is 0 Å². The van der Waals surface area contributed by atoms with Crippen LogP contribution in [-0.2, 0) is 10.0 Å². The highest BCUT2D eigenvalue weighted by Crippen LogP contribution is 2.31. The smallest absolute Gasteiger partial charge is 0.211 e. The molecule has 3 N–H and O–H groups in total. The third-order valence-electron chi connectivity index (χ3n) is 3.38. The molecule has 1 rings (SSSR count). The molecule has 0 aliphatic heterocycles. The quantitative estimate of drug-likeness (QED) is 0.709. The van der Waals surface area contributed by atoms with E-state index in [-0.39, 0.29) is 30.1 Å². The second-order valence-corrected chi connectivity index (χ2v) is 6.67. The lowest BCUT2D eigenvalue weighted by Gasteiger charge is -2.15. The zero-order valence-corrected chi connectivity index (χ0v) is 12.3. The van der Waals surface area contributed by atoms with Crippen LogP contribution in [0.1, 0.15) is 39.5 Å². The van der Waals surface area contributed by atoms with Crippen LogP contribution in [0.3, 0.4) is 0 Å². The Morgan fingerprint density at radius 2 is 1.82 bits per heavy atom. The van der Waals surface area contributed by atoms with Crippen molar-refractivity contribution in [3.8, 4) is 0 Å². The zero-order valence-electron chi connectivity index (χ0n) is 10.7. The lowest BCUT2D eigenvalue weighted by molar-refractivity contribution is 0.508. The van der Waals surface area contributed by atoms with Crippen molar-refractivity contribution >= 4 is 22.4 Å². The summed E-state index contributed by atoms with van der Waals surface area (Å²) in [4.78, 5) is 0. The standard InChI is InChI=1S/C11H24N2O2S.ClH/c1-3-9(4-2)8-16(14,15)13-7-11(12)10-5-6-10;/h9-11,13H,3-8,12H2,1-2H3;1H. The normalized spacial score (nSPS) is 17.9. The number of nitrogens with one attached hydrogen (secondary N) is 1. The molecule has 1 fully saturated rings. The Morgan fingerprint density at radius 1 is 1.29 bits per heavy atom. The largest absolute Gasteiger partial charge is 0.326 e. The van der Waals surface area contributed by atoms with Crippen molar-refractivity contribution in [2.75, 3.05) is 12.3 Å². The average Bonchev–Trinajstić information content (AvgIpc) is 3.06. The van der Waals surface area contributed by atoms with Gasteiger partial charge in [-0.15, -0.1) is 12.4 Å². The third-order valence-corrected chi connectivity index (χ3v) is 4.89. The first-order valence-electron chi connectivity index (χ1n) is 6.21. The van der Waals surface area contributed by atoms with Gasteiger partial charge in [0.25, 0.3) is 0 Å². The third kappa shape index (κ3) is 6.60. The van der Waals surface area contributed by atoms with E-state index in [0.717, 1.165) is 25.7 Å². The van der Waals surface area contributed by atoms with Crippen molar-refractivity contribution in [1.82, 2.24) is 4.72 Å². The van der Waals surface area contributed by atoms with Gasteiger partial charge in [-0.25, -0.2) is 13.1 Å². The number of hydrogen-bond acceptors (Lipinski definition) is 3. The Bertz CT molecular complexity index is 301. The molecular weight excluding hydrogens is 260 g/mol. The van der Waals surface area contributed by atoms with E-state index in [1.165, 1.54) is 0 Å². The summed E-state index contributed by atoms with van der Waals surface area (Å²) in [5, 5.41) is 0. The molecule has 1 aliphatic carbocycles. The highest BCUT2D eigenvalue weighted by molar-refractivity contribution is 7.89. The Hall–Kier alpha value is 0.160. The molecule has 6 heteroatoms. The summed E-state index contributed by atoms with van der Waals surface area (Å²) >= 11 is 0. The SMILES string of the molecule is CCC(CC)CS(=O)(=O)NCC(N)C1CC1.Cl. The molecule has 104 valence electrons. The summed E-state index contributed by atoms with van der Waals surface area (Å²) in [6.07, 6.45) is 4.11. The molecule has 1 unspecified atom stereocenters. The van der Waals surface area contributed by atoms with E-state index in [1.54, 1.807) is 0 Å². The van der Waals surface area contributed by atoms with Gasteiger partial charge in [0.1, 0.15) is 0 Å².